The minimum absolute atomic E-state index is 0.00935. The fraction of sp³-hybridized carbons (Fsp3) is 0.320. The number of benzene rings is 2. The normalized spacial score (nSPS) is 20.7. The van der Waals surface area contributed by atoms with Crippen LogP contribution in [0.1, 0.15) is 37.3 Å². The number of thioether (sulfide) groups is 1. The second kappa shape index (κ2) is 9.60. The number of rotatable bonds is 6. The number of allylic oxidation sites excluding steroid dienone is 1. The SMILES string of the molecule is CSc1ccc(C2NC(=O)N(CC3CCCO3)C(C)=C2c2nc(-c3cccc(F)c3)no2)cc1. The van der Waals surface area contributed by atoms with E-state index in [1.807, 2.05) is 37.4 Å². The molecule has 2 atom stereocenters. The molecule has 0 saturated carbocycles. The molecule has 2 aliphatic heterocycles. The highest BCUT2D eigenvalue weighted by Gasteiger charge is 2.37. The quantitative estimate of drug-likeness (QED) is 0.484. The molecular formula is C25H25FN4O3S. The number of hydrogen-bond acceptors (Lipinski definition) is 6. The summed E-state index contributed by atoms with van der Waals surface area (Å²) in [5.74, 6) is 0.195. The molecule has 34 heavy (non-hydrogen) atoms. The van der Waals surface area contributed by atoms with Gasteiger partial charge in [0.25, 0.3) is 5.89 Å². The van der Waals surface area contributed by atoms with Gasteiger partial charge in [-0.25, -0.2) is 9.18 Å². The summed E-state index contributed by atoms with van der Waals surface area (Å²) in [5, 5.41) is 7.20. The Morgan fingerprint density at radius 1 is 1.24 bits per heavy atom. The Morgan fingerprint density at radius 3 is 2.76 bits per heavy atom. The van der Waals surface area contributed by atoms with Crippen molar-refractivity contribution in [2.45, 2.75) is 36.8 Å². The van der Waals surface area contributed by atoms with Gasteiger partial charge in [0.1, 0.15) is 5.82 Å². The highest BCUT2D eigenvalue weighted by Crippen LogP contribution is 2.38. The van der Waals surface area contributed by atoms with Crippen molar-refractivity contribution in [1.82, 2.24) is 20.4 Å². The monoisotopic (exact) mass is 480 g/mol. The smallest absolute Gasteiger partial charge is 0.322 e. The van der Waals surface area contributed by atoms with Gasteiger partial charge in [0.2, 0.25) is 5.82 Å². The summed E-state index contributed by atoms with van der Waals surface area (Å²) in [7, 11) is 0. The van der Waals surface area contributed by atoms with Crippen LogP contribution in [0.4, 0.5) is 9.18 Å². The van der Waals surface area contributed by atoms with Crippen LogP contribution in [0, 0.1) is 5.82 Å². The van der Waals surface area contributed by atoms with Gasteiger partial charge in [-0.2, -0.15) is 4.98 Å². The largest absolute Gasteiger partial charge is 0.376 e. The van der Waals surface area contributed by atoms with Crippen molar-refractivity contribution in [2.75, 3.05) is 19.4 Å². The third-order valence-electron chi connectivity index (χ3n) is 6.19. The molecule has 0 spiro atoms. The van der Waals surface area contributed by atoms with Crippen LogP contribution in [0.5, 0.6) is 0 Å². The van der Waals surface area contributed by atoms with E-state index in [1.54, 1.807) is 28.8 Å². The lowest BCUT2D eigenvalue weighted by molar-refractivity contribution is 0.0877. The van der Waals surface area contributed by atoms with E-state index in [2.05, 4.69) is 15.5 Å². The molecule has 2 unspecified atom stereocenters. The molecule has 1 aromatic heterocycles. The summed E-state index contributed by atoms with van der Waals surface area (Å²) in [4.78, 5) is 20.5. The maximum absolute atomic E-state index is 13.7. The zero-order valence-corrected chi connectivity index (χ0v) is 19.8. The topological polar surface area (TPSA) is 80.5 Å². The Morgan fingerprint density at radius 2 is 2.06 bits per heavy atom. The molecule has 0 aliphatic carbocycles. The average Bonchev–Trinajstić information content (AvgIpc) is 3.54. The molecular weight excluding hydrogens is 455 g/mol. The van der Waals surface area contributed by atoms with Crippen LogP contribution in [0.15, 0.2) is 63.6 Å². The molecule has 7 nitrogen and oxygen atoms in total. The van der Waals surface area contributed by atoms with Gasteiger partial charge in [-0.05, 0) is 55.9 Å². The predicted molar refractivity (Wildman–Crippen MR) is 127 cm³/mol. The number of nitrogens with zero attached hydrogens (tertiary/aromatic N) is 3. The van der Waals surface area contributed by atoms with Crippen molar-refractivity contribution in [3.05, 3.63) is 71.5 Å². The van der Waals surface area contributed by atoms with Crippen molar-refractivity contribution in [3.8, 4) is 11.4 Å². The molecule has 3 aromatic rings. The zero-order chi connectivity index (χ0) is 23.7. The molecule has 2 amide bonds. The van der Waals surface area contributed by atoms with Gasteiger partial charge in [-0.15, -0.1) is 11.8 Å². The summed E-state index contributed by atoms with van der Waals surface area (Å²) < 4.78 is 25.2. The average molecular weight is 481 g/mol. The molecule has 1 fully saturated rings. The van der Waals surface area contributed by atoms with Crippen LogP contribution in [0.25, 0.3) is 17.0 Å². The highest BCUT2D eigenvalue weighted by atomic mass is 32.2. The van der Waals surface area contributed by atoms with Gasteiger partial charge in [-0.1, -0.05) is 29.4 Å². The van der Waals surface area contributed by atoms with E-state index >= 15 is 0 Å². The van der Waals surface area contributed by atoms with Crippen LogP contribution < -0.4 is 5.32 Å². The van der Waals surface area contributed by atoms with E-state index in [0.29, 0.717) is 24.3 Å². The Balaban J connectivity index is 1.56. The first-order chi connectivity index (χ1) is 16.5. The van der Waals surface area contributed by atoms with Crippen LogP contribution in [-0.4, -0.2) is 46.6 Å². The molecule has 176 valence electrons. The Hall–Kier alpha value is -3.17. The van der Waals surface area contributed by atoms with Crippen molar-refractivity contribution >= 4 is 23.4 Å². The fourth-order valence-electron chi connectivity index (χ4n) is 4.39. The second-order valence-electron chi connectivity index (χ2n) is 8.33. The molecule has 1 N–H and O–H groups in total. The van der Waals surface area contributed by atoms with Crippen LogP contribution in [0.3, 0.4) is 0 Å². The van der Waals surface area contributed by atoms with Gasteiger partial charge in [0, 0.05) is 22.8 Å². The van der Waals surface area contributed by atoms with E-state index in [0.717, 1.165) is 29.0 Å². The lowest BCUT2D eigenvalue weighted by atomic mass is 9.94. The summed E-state index contributed by atoms with van der Waals surface area (Å²) in [5.41, 5.74) is 2.87. The Kier molecular flexibility index (Phi) is 6.38. The molecule has 0 radical (unpaired) electrons. The number of amides is 2. The summed E-state index contributed by atoms with van der Waals surface area (Å²) in [6, 6.07) is 13.4. The number of halogens is 1. The van der Waals surface area contributed by atoms with E-state index in [4.69, 9.17) is 9.26 Å². The number of urea groups is 1. The molecule has 5 rings (SSSR count). The van der Waals surface area contributed by atoms with Crippen LogP contribution in [-0.2, 0) is 4.74 Å². The van der Waals surface area contributed by atoms with E-state index in [9.17, 15) is 9.18 Å². The maximum Gasteiger partial charge on any atom is 0.322 e. The molecule has 2 aliphatic rings. The van der Waals surface area contributed by atoms with Crippen LogP contribution >= 0.6 is 11.8 Å². The van der Waals surface area contributed by atoms with Gasteiger partial charge in [-0.3, -0.25) is 4.90 Å². The molecule has 1 saturated heterocycles. The Bertz CT molecular complexity index is 1220. The molecule has 2 aromatic carbocycles. The molecule has 9 heteroatoms. The van der Waals surface area contributed by atoms with Crippen molar-refractivity contribution < 1.29 is 18.4 Å². The predicted octanol–water partition coefficient (Wildman–Crippen LogP) is 5.27. The second-order valence-corrected chi connectivity index (χ2v) is 9.21. The highest BCUT2D eigenvalue weighted by molar-refractivity contribution is 7.98. The number of hydrogen-bond donors (Lipinski definition) is 1. The minimum Gasteiger partial charge on any atom is -0.376 e. The van der Waals surface area contributed by atoms with E-state index < -0.39 is 6.04 Å². The standard InChI is InChI=1S/C25H25FN4O3S/c1-15-21(24-28-23(29-33-24)17-5-3-6-18(26)13-17)22(16-8-10-20(34-2)11-9-16)27-25(31)30(15)14-19-7-4-12-32-19/h3,5-6,8-11,13,19,22H,4,7,12,14H2,1-2H3,(H,27,31). The fourth-order valence-corrected chi connectivity index (χ4v) is 4.80. The van der Waals surface area contributed by atoms with Gasteiger partial charge in [0.15, 0.2) is 0 Å². The lowest BCUT2D eigenvalue weighted by Gasteiger charge is -2.36. The maximum atomic E-state index is 13.7. The summed E-state index contributed by atoms with van der Waals surface area (Å²) in [6.07, 6.45) is 3.91. The first-order valence-electron chi connectivity index (χ1n) is 11.2. The first-order valence-corrected chi connectivity index (χ1v) is 12.4. The van der Waals surface area contributed by atoms with E-state index in [-0.39, 0.29) is 29.7 Å². The summed E-state index contributed by atoms with van der Waals surface area (Å²) in [6.45, 7) is 3.04. The van der Waals surface area contributed by atoms with Crippen molar-refractivity contribution in [2.24, 2.45) is 0 Å². The minimum atomic E-state index is -0.468. The van der Waals surface area contributed by atoms with Crippen molar-refractivity contribution in [1.29, 1.82) is 0 Å². The third-order valence-corrected chi connectivity index (χ3v) is 6.94. The third kappa shape index (κ3) is 4.45. The number of aromatic nitrogens is 2. The van der Waals surface area contributed by atoms with Crippen LogP contribution in [0.2, 0.25) is 0 Å². The number of nitrogens with one attached hydrogen (secondary N) is 1. The van der Waals surface area contributed by atoms with Gasteiger partial charge >= 0.3 is 6.03 Å². The number of carbonyl (C=O) groups is 1. The molecule has 0 bridgehead atoms. The first kappa shape index (κ1) is 22.6. The number of ether oxygens (including phenoxy) is 1. The Labute approximate surface area is 201 Å². The van der Waals surface area contributed by atoms with E-state index in [1.165, 1.54) is 12.1 Å². The van der Waals surface area contributed by atoms with Gasteiger partial charge < -0.3 is 14.6 Å². The van der Waals surface area contributed by atoms with Gasteiger partial charge in [0.05, 0.1) is 24.3 Å². The lowest BCUT2D eigenvalue weighted by Crippen LogP contribution is -2.48. The zero-order valence-electron chi connectivity index (χ0n) is 19.0. The number of carbonyl (C=O) groups excluding carboxylic acids is 1. The molecule has 3 heterocycles. The van der Waals surface area contributed by atoms with Crippen molar-refractivity contribution in [3.63, 3.8) is 0 Å². The summed E-state index contributed by atoms with van der Waals surface area (Å²) >= 11 is 1.65.